The van der Waals surface area contributed by atoms with Crippen molar-refractivity contribution in [3.05, 3.63) is 0 Å². The van der Waals surface area contributed by atoms with Gasteiger partial charge in [-0.3, -0.25) is 9.79 Å². The van der Waals surface area contributed by atoms with Crippen molar-refractivity contribution in [3.8, 4) is 0 Å². The van der Waals surface area contributed by atoms with Crippen molar-refractivity contribution < 1.29 is 4.79 Å². The van der Waals surface area contributed by atoms with Gasteiger partial charge in [0.05, 0.1) is 5.84 Å². The highest BCUT2D eigenvalue weighted by Gasteiger charge is 2.23. The van der Waals surface area contributed by atoms with Crippen LogP contribution in [0.15, 0.2) is 4.99 Å². The molecule has 0 radical (unpaired) electrons. The predicted molar refractivity (Wildman–Crippen MR) is 59.6 cm³/mol. The zero-order valence-corrected chi connectivity index (χ0v) is 9.04. The normalized spacial score (nSPS) is 23.1. The molecule has 0 bridgehead atoms. The third kappa shape index (κ3) is 3.22. The highest BCUT2D eigenvalue weighted by atomic mass is 16.1. The van der Waals surface area contributed by atoms with Crippen molar-refractivity contribution in [2.24, 2.45) is 16.6 Å². The summed E-state index contributed by atoms with van der Waals surface area (Å²) in [7, 11) is 0. The van der Waals surface area contributed by atoms with Gasteiger partial charge in [0, 0.05) is 12.0 Å². The second-order valence-corrected chi connectivity index (χ2v) is 4.56. The molecular weight excluding hydrogens is 190 g/mol. The van der Waals surface area contributed by atoms with E-state index in [0.29, 0.717) is 17.8 Å². The van der Waals surface area contributed by atoms with Gasteiger partial charge in [-0.2, -0.15) is 0 Å². The first kappa shape index (κ1) is 10.5. The Morgan fingerprint density at radius 2 is 1.93 bits per heavy atom. The predicted octanol–water partition coefficient (Wildman–Crippen LogP) is 0.812. The number of hydrogen-bond donors (Lipinski definition) is 2. The zero-order valence-electron chi connectivity index (χ0n) is 9.04. The fraction of sp³-hybridized carbons (Fsp3) is 0.818. The van der Waals surface area contributed by atoms with E-state index in [1.54, 1.807) is 0 Å². The van der Waals surface area contributed by atoms with Crippen LogP contribution in [0.3, 0.4) is 0 Å². The number of amidine groups is 1. The molecule has 0 heterocycles. The monoisotopic (exact) mass is 209 g/mol. The molecule has 0 aliphatic heterocycles. The molecule has 2 saturated carbocycles. The minimum Gasteiger partial charge on any atom is -0.387 e. The summed E-state index contributed by atoms with van der Waals surface area (Å²) in [6.45, 7) is 0.207. The molecular formula is C11H19N3O. The molecule has 0 aromatic carbocycles. The Hall–Kier alpha value is -1.06. The summed E-state index contributed by atoms with van der Waals surface area (Å²) >= 11 is 0. The molecule has 0 atom stereocenters. The molecule has 0 spiro atoms. The van der Waals surface area contributed by atoms with Gasteiger partial charge >= 0.3 is 0 Å². The van der Waals surface area contributed by atoms with E-state index in [9.17, 15) is 4.79 Å². The topological polar surface area (TPSA) is 67.5 Å². The van der Waals surface area contributed by atoms with Gasteiger partial charge in [0.25, 0.3) is 0 Å². The summed E-state index contributed by atoms with van der Waals surface area (Å²) in [5.41, 5.74) is 5.84. The minimum atomic E-state index is 0.0125. The SMILES string of the molecule is NC(=NCC(=O)NC1CC1)C1CCCC1. The van der Waals surface area contributed by atoms with Crippen LogP contribution in [0, 0.1) is 5.92 Å². The number of hydrogen-bond acceptors (Lipinski definition) is 2. The summed E-state index contributed by atoms with van der Waals surface area (Å²) in [4.78, 5) is 15.5. The largest absolute Gasteiger partial charge is 0.387 e. The van der Waals surface area contributed by atoms with Crippen molar-refractivity contribution in [3.63, 3.8) is 0 Å². The fourth-order valence-corrected chi connectivity index (χ4v) is 2.01. The second kappa shape index (κ2) is 4.64. The molecule has 2 aliphatic rings. The summed E-state index contributed by atoms with van der Waals surface area (Å²) in [6, 6.07) is 0.417. The number of carbonyl (C=O) groups is 1. The van der Waals surface area contributed by atoms with Crippen LogP contribution in [-0.2, 0) is 4.79 Å². The molecule has 0 aromatic rings. The Morgan fingerprint density at radius 3 is 2.53 bits per heavy atom. The number of nitrogens with one attached hydrogen (secondary N) is 1. The van der Waals surface area contributed by atoms with E-state index in [1.807, 2.05) is 0 Å². The van der Waals surface area contributed by atoms with E-state index in [0.717, 1.165) is 25.7 Å². The highest BCUT2D eigenvalue weighted by Crippen LogP contribution is 2.24. The maximum Gasteiger partial charge on any atom is 0.241 e. The summed E-state index contributed by atoms with van der Waals surface area (Å²) < 4.78 is 0. The van der Waals surface area contributed by atoms with Crippen molar-refractivity contribution in [2.45, 2.75) is 44.6 Å². The van der Waals surface area contributed by atoms with Crippen LogP contribution in [-0.4, -0.2) is 24.3 Å². The maximum atomic E-state index is 11.3. The Kier molecular flexibility index (Phi) is 3.23. The van der Waals surface area contributed by atoms with Crippen LogP contribution in [0.25, 0.3) is 0 Å². The van der Waals surface area contributed by atoms with Gasteiger partial charge in [0.15, 0.2) is 0 Å². The molecule has 4 heteroatoms. The molecule has 1 amide bonds. The van der Waals surface area contributed by atoms with Gasteiger partial charge < -0.3 is 11.1 Å². The van der Waals surface area contributed by atoms with Crippen LogP contribution in [0.4, 0.5) is 0 Å². The van der Waals surface area contributed by atoms with Crippen molar-refractivity contribution in [1.29, 1.82) is 0 Å². The first-order valence-electron chi connectivity index (χ1n) is 5.85. The smallest absolute Gasteiger partial charge is 0.241 e. The van der Waals surface area contributed by atoms with Crippen molar-refractivity contribution in [1.82, 2.24) is 5.32 Å². The lowest BCUT2D eigenvalue weighted by Crippen LogP contribution is -2.30. The fourth-order valence-electron chi connectivity index (χ4n) is 2.01. The quantitative estimate of drug-likeness (QED) is 0.531. The van der Waals surface area contributed by atoms with Crippen LogP contribution in [0.5, 0.6) is 0 Å². The Balaban J connectivity index is 1.73. The van der Waals surface area contributed by atoms with Crippen LogP contribution in [0.2, 0.25) is 0 Å². The summed E-state index contributed by atoms with van der Waals surface area (Å²) in [5.74, 6) is 1.12. The third-order valence-electron chi connectivity index (χ3n) is 3.12. The number of nitrogens with zero attached hydrogens (tertiary/aromatic N) is 1. The molecule has 15 heavy (non-hydrogen) atoms. The zero-order chi connectivity index (χ0) is 10.7. The van der Waals surface area contributed by atoms with Gasteiger partial charge in [-0.05, 0) is 25.7 Å². The van der Waals surface area contributed by atoms with Crippen LogP contribution < -0.4 is 11.1 Å². The first-order chi connectivity index (χ1) is 7.25. The molecule has 0 unspecified atom stereocenters. The van der Waals surface area contributed by atoms with Crippen LogP contribution >= 0.6 is 0 Å². The lowest BCUT2D eigenvalue weighted by Gasteiger charge is -2.07. The van der Waals surface area contributed by atoms with Gasteiger partial charge in [0.1, 0.15) is 6.54 Å². The molecule has 2 rings (SSSR count). The minimum absolute atomic E-state index is 0.0125. The number of nitrogens with two attached hydrogens (primary N) is 1. The molecule has 0 aromatic heterocycles. The number of aliphatic imine (C=N–C) groups is 1. The van der Waals surface area contributed by atoms with E-state index >= 15 is 0 Å². The lowest BCUT2D eigenvalue weighted by molar-refractivity contribution is -0.119. The molecule has 2 aliphatic carbocycles. The van der Waals surface area contributed by atoms with Gasteiger partial charge in [-0.15, -0.1) is 0 Å². The van der Waals surface area contributed by atoms with E-state index < -0.39 is 0 Å². The van der Waals surface area contributed by atoms with E-state index in [4.69, 9.17) is 5.73 Å². The summed E-state index contributed by atoms with van der Waals surface area (Å²) in [6.07, 6.45) is 7.00. The van der Waals surface area contributed by atoms with Crippen molar-refractivity contribution in [2.75, 3.05) is 6.54 Å². The Morgan fingerprint density at radius 1 is 1.27 bits per heavy atom. The van der Waals surface area contributed by atoms with Crippen molar-refractivity contribution >= 4 is 11.7 Å². The van der Waals surface area contributed by atoms with Gasteiger partial charge in [0.2, 0.25) is 5.91 Å². The summed E-state index contributed by atoms with van der Waals surface area (Å²) in [5, 5.41) is 2.90. The van der Waals surface area contributed by atoms with Crippen LogP contribution in [0.1, 0.15) is 38.5 Å². The lowest BCUT2D eigenvalue weighted by atomic mass is 10.1. The van der Waals surface area contributed by atoms with Gasteiger partial charge in [-0.25, -0.2) is 0 Å². The molecule has 3 N–H and O–H groups in total. The van der Waals surface area contributed by atoms with Gasteiger partial charge in [-0.1, -0.05) is 12.8 Å². The molecule has 4 nitrogen and oxygen atoms in total. The average Bonchev–Trinajstić information content (AvgIpc) is 2.86. The van der Waals surface area contributed by atoms with E-state index in [1.165, 1.54) is 12.8 Å². The van der Waals surface area contributed by atoms with E-state index in [-0.39, 0.29) is 12.5 Å². The number of amides is 1. The maximum absolute atomic E-state index is 11.3. The Bertz CT molecular complexity index is 265. The molecule has 2 fully saturated rings. The number of carbonyl (C=O) groups excluding carboxylic acids is 1. The van der Waals surface area contributed by atoms with E-state index in [2.05, 4.69) is 10.3 Å². The number of rotatable bonds is 4. The highest BCUT2D eigenvalue weighted by molar-refractivity contribution is 5.87. The second-order valence-electron chi connectivity index (χ2n) is 4.56. The standard InChI is InChI=1S/C11H19N3O/c12-11(8-3-1-2-4-8)13-7-10(15)14-9-5-6-9/h8-9H,1-7H2,(H2,12,13)(H,14,15). The average molecular weight is 209 g/mol. The molecule has 0 saturated heterocycles. The third-order valence-corrected chi connectivity index (χ3v) is 3.12. The molecule has 84 valence electrons. The first-order valence-corrected chi connectivity index (χ1v) is 5.85. The Labute approximate surface area is 90.3 Å².